The van der Waals surface area contributed by atoms with Crippen LogP contribution in [-0.2, 0) is 9.53 Å². The van der Waals surface area contributed by atoms with Gasteiger partial charge in [-0.25, -0.2) is 0 Å². The van der Waals surface area contributed by atoms with E-state index >= 15 is 0 Å². The molecule has 0 bridgehead atoms. The number of hydrogen-bond acceptors (Lipinski definition) is 4. The SMILES string of the molecule is C=C[C@]1(C)C=C2C(=CC1)[C@@]13C[C@@H]1CC[C@]1(C)C(=O)O[C@](O)([C@@H]2O)[C@H]31. The normalized spacial score (nSPS) is 57.0. The lowest BCUT2D eigenvalue weighted by molar-refractivity contribution is -0.256. The van der Waals surface area contributed by atoms with Crippen LogP contribution in [0.3, 0.4) is 0 Å². The first-order valence-corrected chi connectivity index (χ1v) is 8.92. The first-order chi connectivity index (χ1) is 11.2. The molecule has 4 fully saturated rings. The minimum Gasteiger partial charge on any atom is -0.429 e. The van der Waals surface area contributed by atoms with Crippen molar-refractivity contribution in [3.05, 3.63) is 36.0 Å². The largest absolute Gasteiger partial charge is 0.429 e. The second-order valence-electron chi connectivity index (χ2n) is 9.01. The molecule has 0 aromatic carbocycles. The molecule has 4 nitrogen and oxygen atoms in total. The monoisotopic (exact) mass is 328 g/mol. The van der Waals surface area contributed by atoms with Crippen LogP contribution in [0.1, 0.15) is 39.5 Å². The highest BCUT2D eigenvalue weighted by atomic mass is 16.7. The summed E-state index contributed by atoms with van der Waals surface area (Å²) >= 11 is 0. The molecule has 0 aromatic heterocycles. The van der Waals surface area contributed by atoms with Crippen LogP contribution in [0.2, 0.25) is 0 Å². The van der Waals surface area contributed by atoms with Crippen molar-refractivity contribution < 1.29 is 19.7 Å². The molecule has 1 spiro atoms. The molecule has 0 aromatic rings. The van der Waals surface area contributed by atoms with Gasteiger partial charge in [0.1, 0.15) is 6.10 Å². The van der Waals surface area contributed by atoms with Crippen LogP contribution >= 0.6 is 0 Å². The molecule has 7 atom stereocenters. The standard InChI is InChI=1S/C20H24O4/c1-4-17(2)7-6-13-12(10-17)14(21)20(23)15-18(3,16(22)24-20)8-5-11-9-19(11,13)15/h4,6,10-11,14-15,21,23H,1,5,7-9H2,2-3H3/t11-,14+,15-,17-,18-,19+,20+/m0/s1. The summed E-state index contributed by atoms with van der Waals surface area (Å²) in [7, 11) is 0. The highest BCUT2D eigenvalue weighted by molar-refractivity contribution is 5.82. The van der Waals surface area contributed by atoms with Gasteiger partial charge in [-0.05, 0) is 49.7 Å². The number of carbonyl (C=O) groups is 1. The van der Waals surface area contributed by atoms with Crippen molar-refractivity contribution in [1.82, 2.24) is 0 Å². The fraction of sp³-hybridized carbons (Fsp3) is 0.650. The summed E-state index contributed by atoms with van der Waals surface area (Å²) in [4.78, 5) is 12.6. The summed E-state index contributed by atoms with van der Waals surface area (Å²) in [5.74, 6) is -2.03. The number of fused-ring (bicyclic) bond motifs is 1. The number of aliphatic hydroxyl groups excluding tert-OH is 1. The maximum absolute atomic E-state index is 12.6. The molecule has 1 heterocycles. The summed E-state index contributed by atoms with van der Waals surface area (Å²) in [6, 6.07) is 0. The van der Waals surface area contributed by atoms with Crippen LogP contribution in [0.15, 0.2) is 36.0 Å². The summed E-state index contributed by atoms with van der Waals surface area (Å²) < 4.78 is 5.50. The maximum atomic E-state index is 12.6. The van der Waals surface area contributed by atoms with E-state index in [9.17, 15) is 15.0 Å². The zero-order valence-electron chi connectivity index (χ0n) is 14.2. The van der Waals surface area contributed by atoms with E-state index in [1.165, 1.54) is 0 Å². The van der Waals surface area contributed by atoms with Gasteiger partial charge >= 0.3 is 5.97 Å². The average Bonchev–Trinajstić information content (AvgIpc) is 3.22. The molecule has 1 saturated heterocycles. The zero-order valence-corrected chi connectivity index (χ0v) is 14.2. The number of allylic oxidation sites excluding steroid dienone is 3. The molecule has 0 unspecified atom stereocenters. The van der Waals surface area contributed by atoms with E-state index in [2.05, 4.69) is 19.6 Å². The molecule has 2 N–H and O–H groups in total. The first kappa shape index (κ1) is 14.9. The molecule has 1 aliphatic heterocycles. The topological polar surface area (TPSA) is 66.8 Å². The lowest BCUT2D eigenvalue weighted by atomic mass is 9.52. The third-order valence-corrected chi connectivity index (χ3v) is 7.65. The van der Waals surface area contributed by atoms with Crippen molar-refractivity contribution in [3.63, 3.8) is 0 Å². The molecule has 0 radical (unpaired) electrons. The third-order valence-electron chi connectivity index (χ3n) is 7.65. The van der Waals surface area contributed by atoms with Crippen molar-refractivity contribution in [3.8, 4) is 0 Å². The number of aliphatic hydroxyl groups is 2. The maximum Gasteiger partial charge on any atom is 0.314 e. The van der Waals surface area contributed by atoms with Crippen molar-refractivity contribution in [1.29, 1.82) is 0 Å². The van der Waals surface area contributed by atoms with E-state index in [0.29, 0.717) is 5.92 Å². The van der Waals surface area contributed by atoms with Crippen LogP contribution in [0, 0.1) is 28.1 Å². The van der Waals surface area contributed by atoms with Gasteiger partial charge in [-0.3, -0.25) is 4.79 Å². The summed E-state index contributed by atoms with van der Waals surface area (Å²) in [6.45, 7) is 7.89. The summed E-state index contributed by atoms with van der Waals surface area (Å²) in [5.41, 5.74) is 0.738. The fourth-order valence-corrected chi connectivity index (χ4v) is 6.30. The smallest absolute Gasteiger partial charge is 0.314 e. The van der Waals surface area contributed by atoms with Gasteiger partial charge < -0.3 is 14.9 Å². The molecule has 128 valence electrons. The number of esters is 1. The van der Waals surface area contributed by atoms with E-state index in [0.717, 1.165) is 36.8 Å². The average molecular weight is 328 g/mol. The predicted molar refractivity (Wildman–Crippen MR) is 87.5 cm³/mol. The zero-order chi connectivity index (χ0) is 17.1. The molecule has 4 aliphatic carbocycles. The highest BCUT2D eigenvalue weighted by Gasteiger charge is 2.82. The van der Waals surface area contributed by atoms with Crippen LogP contribution in [-0.4, -0.2) is 28.1 Å². The quantitative estimate of drug-likeness (QED) is 0.573. The van der Waals surface area contributed by atoms with E-state index in [4.69, 9.17) is 4.74 Å². The van der Waals surface area contributed by atoms with Gasteiger partial charge in [-0.1, -0.05) is 25.2 Å². The van der Waals surface area contributed by atoms with Gasteiger partial charge in [-0.15, -0.1) is 6.58 Å². The van der Waals surface area contributed by atoms with Gasteiger partial charge in [0.15, 0.2) is 0 Å². The van der Waals surface area contributed by atoms with E-state index in [1.807, 2.05) is 19.1 Å². The minimum absolute atomic E-state index is 0.207. The number of ether oxygens (including phenoxy) is 1. The molecule has 3 saturated carbocycles. The first-order valence-electron chi connectivity index (χ1n) is 8.92. The van der Waals surface area contributed by atoms with Crippen molar-refractivity contribution in [2.45, 2.75) is 51.4 Å². The van der Waals surface area contributed by atoms with Crippen molar-refractivity contribution in [2.24, 2.45) is 28.1 Å². The number of rotatable bonds is 1. The Hall–Kier alpha value is -1.39. The van der Waals surface area contributed by atoms with Gasteiger partial charge in [0.25, 0.3) is 0 Å². The Labute approximate surface area is 141 Å². The Morgan fingerprint density at radius 3 is 2.88 bits per heavy atom. The molecule has 5 aliphatic rings. The Balaban J connectivity index is 1.75. The molecule has 24 heavy (non-hydrogen) atoms. The minimum atomic E-state index is -1.80. The Morgan fingerprint density at radius 2 is 2.17 bits per heavy atom. The highest BCUT2D eigenvalue weighted by Crippen LogP contribution is 2.80. The Morgan fingerprint density at radius 1 is 1.42 bits per heavy atom. The lowest BCUT2D eigenvalue weighted by Gasteiger charge is -2.52. The summed E-state index contributed by atoms with van der Waals surface area (Å²) in [6.07, 6.45) is 8.46. The second kappa shape index (κ2) is 3.88. The van der Waals surface area contributed by atoms with Crippen LogP contribution in [0.4, 0.5) is 0 Å². The Kier molecular flexibility index (Phi) is 2.41. The molecule has 5 rings (SSSR count). The molecular weight excluding hydrogens is 304 g/mol. The van der Waals surface area contributed by atoms with Crippen molar-refractivity contribution in [2.75, 3.05) is 0 Å². The molecule has 4 heteroatoms. The molecule has 0 amide bonds. The van der Waals surface area contributed by atoms with E-state index < -0.39 is 17.3 Å². The van der Waals surface area contributed by atoms with Crippen LogP contribution in [0.25, 0.3) is 0 Å². The van der Waals surface area contributed by atoms with E-state index in [-0.39, 0.29) is 22.7 Å². The second-order valence-corrected chi connectivity index (χ2v) is 9.01. The third kappa shape index (κ3) is 1.35. The van der Waals surface area contributed by atoms with Gasteiger partial charge in [0.05, 0.1) is 11.3 Å². The predicted octanol–water partition coefficient (Wildman–Crippen LogP) is 2.48. The van der Waals surface area contributed by atoms with Crippen LogP contribution < -0.4 is 0 Å². The number of carbonyl (C=O) groups excluding carboxylic acids is 1. The van der Waals surface area contributed by atoms with Gasteiger partial charge in [0, 0.05) is 10.8 Å². The van der Waals surface area contributed by atoms with Gasteiger partial charge in [-0.2, -0.15) is 0 Å². The fourth-order valence-electron chi connectivity index (χ4n) is 6.30. The van der Waals surface area contributed by atoms with Crippen LogP contribution in [0.5, 0.6) is 0 Å². The van der Waals surface area contributed by atoms with E-state index in [1.54, 1.807) is 0 Å². The lowest BCUT2D eigenvalue weighted by Crippen LogP contribution is -2.60. The molecular formula is C20H24O4. The summed E-state index contributed by atoms with van der Waals surface area (Å²) in [5, 5.41) is 22.3. The van der Waals surface area contributed by atoms with Crippen molar-refractivity contribution >= 4 is 5.97 Å². The Bertz CT molecular complexity index is 751. The number of hydrogen-bond donors (Lipinski definition) is 2. The van der Waals surface area contributed by atoms with Gasteiger partial charge in [0.2, 0.25) is 5.79 Å².